The topological polar surface area (TPSA) is 105 Å². The fourth-order valence-electron chi connectivity index (χ4n) is 3.97. The Bertz CT molecular complexity index is 1210. The molecule has 0 unspecified atom stereocenters. The summed E-state index contributed by atoms with van der Waals surface area (Å²) in [5.74, 6) is -0.434. The van der Waals surface area contributed by atoms with Crippen LogP contribution in [0.5, 0.6) is 5.75 Å². The van der Waals surface area contributed by atoms with Crippen molar-refractivity contribution in [3.63, 3.8) is 0 Å². The first-order valence-corrected chi connectivity index (χ1v) is 12.1. The molecule has 1 saturated heterocycles. The molecule has 1 fully saturated rings. The van der Waals surface area contributed by atoms with Crippen LogP contribution in [0.2, 0.25) is 5.02 Å². The Balaban J connectivity index is 1.63. The lowest BCUT2D eigenvalue weighted by Gasteiger charge is -2.27. The lowest BCUT2D eigenvalue weighted by molar-refractivity contribution is -0.122. The van der Waals surface area contributed by atoms with Crippen molar-refractivity contribution in [1.82, 2.24) is 4.31 Å². The maximum absolute atomic E-state index is 13.5. The monoisotopic (exact) mass is 477 g/mol. The van der Waals surface area contributed by atoms with Gasteiger partial charge in [-0.2, -0.15) is 4.31 Å². The third kappa shape index (κ3) is 4.07. The Morgan fingerprint density at radius 2 is 2.00 bits per heavy atom. The number of ether oxygens (including phenoxy) is 1. The zero-order valence-electron chi connectivity index (χ0n) is 17.9. The van der Waals surface area contributed by atoms with E-state index in [0.29, 0.717) is 34.8 Å². The van der Waals surface area contributed by atoms with Crippen LogP contribution in [0.1, 0.15) is 30.9 Å². The minimum Gasteiger partial charge on any atom is -0.479 e. The predicted octanol–water partition coefficient (Wildman–Crippen LogP) is 3.47. The van der Waals surface area contributed by atoms with Gasteiger partial charge in [-0.05, 0) is 62.9 Å². The lowest BCUT2D eigenvalue weighted by Crippen LogP contribution is -2.43. The van der Waals surface area contributed by atoms with Crippen molar-refractivity contribution in [2.75, 3.05) is 17.2 Å². The molecule has 0 aromatic heterocycles. The molecule has 32 heavy (non-hydrogen) atoms. The van der Waals surface area contributed by atoms with Gasteiger partial charge < -0.3 is 15.4 Å². The molecule has 10 heteroatoms. The van der Waals surface area contributed by atoms with Gasteiger partial charge in [-0.3, -0.25) is 9.59 Å². The van der Waals surface area contributed by atoms with E-state index in [1.165, 1.54) is 10.4 Å². The number of anilines is 2. The highest BCUT2D eigenvalue weighted by molar-refractivity contribution is 7.89. The number of hydrogen-bond acceptors (Lipinski definition) is 5. The molecule has 170 valence electrons. The van der Waals surface area contributed by atoms with Crippen LogP contribution in [-0.2, 0) is 19.6 Å². The fourth-order valence-corrected chi connectivity index (χ4v) is 6.14. The first kappa shape index (κ1) is 22.6. The van der Waals surface area contributed by atoms with E-state index in [1.807, 2.05) is 13.0 Å². The summed E-state index contributed by atoms with van der Waals surface area (Å²) >= 11 is 6.22. The third-order valence-corrected chi connectivity index (χ3v) is 8.05. The highest BCUT2D eigenvalue weighted by atomic mass is 35.5. The van der Waals surface area contributed by atoms with Crippen LogP contribution in [0, 0.1) is 13.8 Å². The molecular formula is C22H24ClN3O5S. The number of carbonyl (C=O) groups excluding carboxylic acids is 2. The molecule has 0 radical (unpaired) electrons. The van der Waals surface area contributed by atoms with Crippen molar-refractivity contribution >= 4 is 44.8 Å². The van der Waals surface area contributed by atoms with E-state index < -0.39 is 28.1 Å². The second kappa shape index (κ2) is 8.38. The Morgan fingerprint density at radius 1 is 1.25 bits per heavy atom. The molecule has 2 aliphatic heterocycles. The van der Waals surface area contributed by atoms with Crippen LogP contribution in [0.25, 0.3) is 0 Å². The molecule has 2 aliphatic rings. The number of amides is 2. The maximum Gasteiger partial charge on any atom is 0.265 e. The Labute approximate surface area is 191 Å². The number of carbonyl (C=O) groups is 2. The van der Waals surface area contributed by atoms with Gasteiger partial charge in [0.05, 0.1) is 21.3 Å². The van der Waals surface area contributed by atoms with E-state index in [9.17, 15) is 18.0 Å². The molecule has 2 atom stereocenters. The number of rotatable bonds is 4. The van der Waals surface area contributed by atoms with Gasteiger partial charge in [0.15, 0.2) is 6.10 Å². The fraction of sp³-hybridized carbons (Fsp3) is 0.364. The summed E-state index contributed by atoms with van der Waals surface area (Å²) in [5, 5.41) is 5.87. The zero-order valence-corrected chi connectivity index (χ0v) is 19.5. The largest absolute Gasteiger partial charge is 0.479 e. The second-order valence-electron chi connectivity index (χ2n) is 8.11. The van der Waals surface area contributed by atoms with Gasteiger partial charge in [0.2, 0.25) is 15.9 Å². The molecular weight excluding hydrogens is 454 g/mol. The van der Waals surface area contributed by atoms with E-state index in [-0.39, 0.29) is 23.1 Å². The van der Waals surface area contributed by atoms with E-state index in [2.05, 4.69) is 10.6 Å². The van der Waals surface area contributed by atoms with Gasteiger partial charge in [-0.15, -0.1) is 0 Å². The molecule has 4 rings (SSSR count). The van der Waals surface area contributed by atoms with Crippen molar-refractivity contribution in [2.24, 2.45) is 0 Å². The average Bonchev–Trinajstić information content (AvgIpc) is 3.22. The Hall–Kier alpha value is -2.62. The molecule has 0 saturated carbocycles. The number of nitrogens with zero attached hydrogens (tertiary/aromatic N) is 1. The molecule has 0 bridgehead atoms. The van der Waals surface area contributed by atoms with E-state index >= 15 is 0 Å². The molecule has 8 nitrogen and oxygen atoms in total. The quantitative estimate of drug-likeness (QED) is 0.701. The second-order valence-corrected chi connectivity index (χ2v) is 10.4. The summed E-state index contributed by atoms with van der Waals surface area (Å²) in [4.78, 5) is 24.9. The minimum absolute atomic E-state index is 0.0488. The van der Waals surface area contributed by atoms with Crippen molar-refractivity contribution in [3.8, 4) is 5.75 Å². The highest BCUT2D eigenvalue weighted by Gasteiger charge is 2.41. The van der Waals surface area contributed by atoms with Crippen LogP contribution in [-0.4, -0.2) is 43.2 Å². The van der Waals surface area contributed by atoms with E-state index in [0.717, 1.165) is 5.56 Å². The van der Waals surface area contributed by atoms with Crippen molar-refractivity contribution in [2.45, 2.75) is 50.7 Å². The molecule has 2 amide bonds. The van der Waals surface area contributed by atoms with Gasteiger partial charge in [0, 0.05) is 12.6 Å². The molecule has 2 heterocycles. The summed E-state index contributed by atoms with van der Waals surface area (Å²) in [6.45, 7) is 5.35. The summed E-state index contributed by atoms with van der Waals surface area (Å²) in [7, 11) is -3.99. The smallest absolute Gasteiger partial charge is 0.265 e. The van der Waals surface area contributed by atoms with Gasteiger partial charge in [0.25, 0.3) is 5.91 Å². The number of nitrogens with one attached hydrogen (secondary N) is 2. The first-order chi connectivity index (χ1) is 15.1. The van der Waals surface area contributed by atoms with Gasteiger partial charge >= 0.3 is 0 Å². The Kier molecular flexibility index (Phi) is 5.91. The summed E-state index contributed by atoms with van der Waals surface area (Å²) in [6.07, 6.45) is 0.236. The standard InChI is InChI=1S/C22H24ClN3O5S/c1-12-6-7-16(15(23)9-12)24-22(28)18-5-4-8-26(18)32(29,30)20-11-19-17(10-13(20)2)25-21(27)14(3)31-19/h6-7,9-11,14,18H,4-5,8H2,1-3H3,(H,24,28)(H,25,27)/t14-,18+/m0/s1. The van der Waals surface area contributed by atoms with Crippen LogP contribution in [0.15, 0.2) is 35.2 Å². The van der Waals surface area contributed by atoms with Crippen molar-refractivity contribution in [3.05, 3.63) is 46.5 Å². The maximum atomic E-state index is 13.5. The average molecular weight is 478 g/mol. The number of halogens is 1. The molecule has 2 aromatic rings. The summed E-state index contributed by atoms with van der Waals surface area (Å²) in [5.41, 5.74) is 2.27. The first-order valence-electron chi connectivity index (χ1n) is 10.3. The van der Waals surface area contributed by atoms with E-state index in [1.54, 1.807) is 32.0 Å². The molecule has 2 aromatic carbocycles. The predicted molar refractivity (Wildman–Crippen MR) is 122 cm³/mol. The van der Waals surface area contributed by atoms with Crippen LogP contribution in [0.4, 0.5) is 11.4 Å². The van der Waals surface area contributed by atoms with Crippen LogP contribution >= 0.6 is 11.6 Å². The molecule has 0 aliphatic carbocycles. The summed E-state index contributed by atoms with van der Waals surface area (Å²) < 4.78 is 33.9. The van der Waals surface area contributed by atoms with Gasteiger partial charge in [0.1, 0.15) is 11.8 Å². The number of aryl methyl sites for hydroxylation is 2. The number of hydrogen-bond donors (Lipinski definition) is 2. The summed E-state index contributed by atoms with van der Waals surface area (Å²) in [6, 6.07) is 7.39. The third-order valence-electron chi connectivity index (χ3n) is 5.68. The molecule has 2 N–H and O–H groups in total. The van der Waals surface area contributed by atoms with Crippen molar-refractivity contribution < 1.29 is 22.7 Å². The van der Waals surface area contributed by atoms with Crippen molar-refractivity contribution in [1.29, 1.82) is 0 Å². The lowest BCUT2D eigenvalue weighted by atomic mass is 10.1. The van der Waals surface area contributed by atoms with Gasteiger partial charge in [-0.1, -0.05) is 17.7 Å². The number of sulfonamides is 1. The van der Waals surface area contributed by atoms with Crippen LogP contribution in [0.3, 0.4) is 0 Å². The van der Waals surface area contributed by atoms with Crippen LogP contribution < -0.4 is 15.4 Å². The Morgan fingerprint density at radius 3 is 2.72 bits per heavy atom. The van der Waals surface area contributed by atoms with Gasteiger partial charge in [-0.25, -0.2) is 8.42 Å². The molecule has 0 spiro atoms. The number of benzene rings is 2. The minimum atomic E-state index is -3.99. The normalized spacial score (nSPS) is 20.9. The van der Waals surface area contributed by atoms with E-state index in [4.69, 9.17) is 16.3 Å². The highest BCUT2D eigenvalue weighted by Crippen LogP contribution is 2.37. The SMILES string of the molecule is Cc1ccc(NC(=O)[C@H]2CCCN2S(=O)(=O)c2cc3c(cc2C)NC(=O)[C@H](C)O3)c(Cl)c1. The zero-order chi connectivity index (χ0) is 23.2. The number of fused-ring (bicyclic) bond motifs is 1.